The van der Waals surface area contributed by atoms with Crippen LogP contribution >= 0.6 is 0 Å². The molecular formula is C16H15NO5. The van der Waals surface area contributed by atoms with E-state index in [0.29, 0.717) is 17.9 Å². The second-order valence-electron chi connectivity index (χ2n) is 5.01. The fourth-order valence-electron chi connectivity index (χ4n) is 2.40. The van der Waals surface area contributed by atoms with Crippen molar-refractivity contribution in [2.45, 2.75) is 6.10 Å². The summed E-state index contributed by atoms with van der Waals surface area (Å²) in [6, 6.07) is 7.39. The van der Waals surface area contributed by atoms with Gasteiger partial charge in [0.15, 0.2) is 6.10 Å². The minimum atomic E-state index is -1.06. The number of rotatable bonds is 2. The molecule has 0 spiro atoms. The molecule has 1 unspecified atom stereocenters. The summed E-state index contributed by atoms with van der Waals surface area (Å²) in [6.45, 7) is 0.630. The number of morpholine rings is 1. The Morgan fingerprint density at radius 1 is 1.27 bits per heavy atom. The summed E-state index contributed by atoms with van der Waals surface area (Å²) in [5.41, 5.74) is 1.26. The number of carboxylic acids is 1. The van der Waals surface area contributed by atoms with Gasteiger partial charge < -0.3 is 19.5 Å². The summed E-state index contributed by atoms with van der Waals surface area (Å²) in [5.74, 6) is -0.616. The number of amides is 1. The van der Waals surface area contributed by atoms with Crippen LogP contribution in [0.3, 0.4) is 0 Å². The fraction of sp³-hybridized carbons (Fsp3) is 0.250. The van der Waals surface area contributed by atoms with Crippen molar-refractivity contribution in [3.8, 4) is 5.75 Å². The summed E-state index contributed by atoms with van der Waals surface area (Å²) < 4.78 is 10.6. The Morgan fingerprint density at radius 3 is 2.91 bits per heavy atom. The molecule has 1 saturated heterocycles. The zero-order valence-electron chi connectivity index (χ0n) is 11.8. The molecule has 0 saturated carbocycles. The third-order valence-electron chi connectivity index (χ3n) is 3.55. The number of para-hydroxylation sites is 1. The molecule has 1 atom stereocenters. The van der Waals surface area contributed by atoms with Gasteiger partial charge in [0, 0.05) is 17.7 Å². The lowest BCUT2D eigenvalue weighted by Gasteiger charge is -2.31. The molecule has 2 aliphatic rings. The molecule has 1 aromatic rings. The van der Waals surface area contributed by atoms with Crippen molar-refractivity contribution >= 4 is 18.0 Å². The minimum Gasteiger partial charge on any atom is -0.479 e. The summed E-state index contributed by atoms with van der Waals surface area (Å²) in [6.07, 6.45) is 3.82. The van der Waals surface area contributed by atoms with Crippen molar-refractivity contribution in [2.75, 3.05) is 19.7 Å². The van der Waals surface area contributed by atoms with Crippen molar-refractivity contribution < 1.29 is 24.2 Å². The molecule has 6 heteroatoms. The highest BCUT2D eigenvalue weighted by Gasteiger charge is 2.30. The molecule has 1 N–H and O–H groups in total. The molecular weight excluding hydrogens is 286 g/mol. The maximum absolute atomic E-state index is 12.6. The molecule has 0 radical (unpaired) electrons. The zero-order valence-corrected chi connectivity index (χ0v) is 11.8. The molecule has 22 heavy (non-hydrogen) atoms. The van der Waals surface area contributed by atoms with E-state index in [4.69, 9.17) is 14.6 Å². The van der Waals surface area contributed by atoms with E-state index in [2.05, 4.69) is 0 Å². The topological polar surface area (TPSA) is 76.1 Å². The number of hydrogen-bond donors (Lipinski definition) is 1. The van der Waals surface area contributed by atoms with Crippen molar-refractivity contribution in [1.29, 1.82) is 0 Å². The number of benzene rings is 1. The highest BCUT2D eigenvalue weighted by molar-refractivity contribution is 6.01. The number of hydrogen-bond acceptors (Lipinski definition) is 4. The average molecular weight is 301 g/mol. The van der Waals surface area contributed by atoms with Crippen molar-refractivity contribution in [2.24, 2.45) is 0 Å². The van der Waals surface area contributed by atoms with E-state index in [1.54, 1.807) is 12.2 Å². The highest BCUT2D eigenvalue weighted by atomic mass is 16.5. The highest BCUT2D eigenvalue weighted by Crippen LogP contribution is 2.25. The summed E-state index contributed by atoms with van der Waals surface area (Å²) in [7, 11) is 0. The van der Waals surface area contributed by atoms with E-state index < -0.39 is 12.1 Å². The van der Waals surface area contributed by atoms with Gasteiger partial charge in [0.05, 0.1) is 19.4 Å². The SMILES string of the molecule is O=C(O)C1CN(C(=O)C2=Cc3ccccc3OC=C2)CCO1. The standard InChI is InChI=1S/C16H15NO5/c18-15(17-6-8-22-14(10-17)16(19)20)12-5-7-21-13-4-2-1-3-11(13)9-12/h1-5,7,9,14H,6,8,10H2,(H,19,20). The van der Waals surface area contributed by atoms with Gasteiger partial charge in [0.2, 0.25) is 0 Å². The van der Waals surface area contributed by atoms with Crippen LogP contribution in [0.25, 0.3) is 6.08 Å². The van der Waals surface area contributed by atoms with Gasteiger partial charge in [-0.05, 0) is 18.2 Å². The van der Waals surface area contributed by atoms with Gasteiger partial charge in [-0.25, -0.2) is 4.79 Å². The van der Waals surface area contributed by atoms with Crippen LogP contribution in [0.2, 0.25) is 0 Å². The predicted octanol–water partition coefficient (Wildman–Crippen LogP) is 1.29. The van der Waals surface area contributed by atoms with Crippen molar-refractivity contribution in [3.63, 3.8) is 0 Å². The van der Waals surface area contributed by atoms with Crippen LogP contribution in [0.4, 0.5) is 0 Å². The number of carbonyl (C=O) groups is 2. The number of carbonyl (C=O) groups excluding carboxylic acids is 1. The Labute approximate surface area is 127 Å². The molecule has 2 aliphatic heterocycles. The van der Waals surface area contributed by atoms with Gasteiger partial charge in [-0.2, -0.15) is 0 Å². The van der Waals surface area contributed by atoms with Gasteiger partial charge in [0.25, 0.3) is 5.91 Å². The van der Waals surface area contributed by atoms with E-state index in [0.717, 1.165) is 5.56 Å². The maximum Gasteiger partial charge on any atom is 0.334 e. The van der Waals surface area contributed by atoms with Crippen LogP contribution in [0.15, 0.2) is 42.2 Å². The third kappa shape index (κ3) is 2.87. The van der Waals surface area contributed by atoms with Crippen molar-refractivity contribution in [1.82, 2.24) is 4.90 Å². The smallest absolute Gasteiger partial charge is 0.334 e. The van der Waals surface area contributed by atoms with Crippen LogP contribution < -0.4 is 4.74 Å². The van der Waals surface area contributed by atoms with E-state index >= 15 is 0 Å². The Kier molecular flexibility index (Phi) is 3.93. The number of aliphatic carboxylic acids is 1. The van der Waals surface area contributed by atoms with E-state index in [1.165, 1.54) is 11.2 Å². The van der Waals surface area contributed by atoms with Gasteiger partial charge in [-0.3, -0.25) is 4.79 Å². The van der Waals surface area contributed by atoms with E-state index in [9.17, 15) is 9.59 Å². The predicted molar refractivity (Wildman–Crippen MR) is 78.1 cm³/mol. The van der Waals surface area contributed by atoms with E-state index in [-0.39, 0.29) is 19.1 Å². The molecule has 6 nitrogen and oxygen atoms in total. The van der Waals surface area contributed by atoms with E-state index in [1.807, 2.05) is 24.3 Å². The molecule has 0 aliphatic carbocycles. The van der Waals surface area contributed by atoms with Crippen LogP contribution in [-0.4, -0.2) is 47.7 Å². The Balaban J connectivity index is 1.83. The molecule has 1 fully saturated rings. The number of fused-ring (bicyclic) bond motifs is 1. The van der Waals surface area contributed by atoms with Crippen LogP contribution in [0, 0.1) is 0 Å². The van der Waals surface area contributed by atoms with Crippen molar-refractivity contribution in [3.05, 3.63) is 47.7 Å². The van der Waals surface area contributed by atoms with Gasteiger partial charge in [-0.1, -0.05) is 18.2 Å². The molecule has 0 bridgehead atoms. The van der Waals surface area contributed by atoms with Gasteiger partial charge in [0.1, 0.15) is 5.75 Å². The lowest BCUT2D eigenvalue weighted by atomic mass is 10.1. The summed E-state index contributed by atoms with van der Waals surface area (Å²) >= 11 is 0. The second kappa shape index (κ2) is 6.03. The Hall–Kier alpha value is -2.60. The number of carboxylic acid groups (broad SMARTS) is 1. The molecule has 1 aromatic carbocycles. The monoisotopic (exact) mass is 301 g/mol. The number of nitrogens with zero attached hydrogens (tertiary/aromatic N) is 1. The van der Waals surface area contributed by atoms with Crippen LogP contribution in [-0.2, 0) is 14.3 Å². The second-order valence-corrected chi connectivity index (χ2v) is 5.01. The molecule has 3 rings (SSSR count). The van der Waals surface area contributed by atoms with Gasteiger partial charge >= 0.3 is 5.97 Å². The first kappa shape index (κ1) is 14.3. The summed E-state index contributed by atoms with van der Waals surface area (Å²) in [4.78, 5) is 25.1. The van der Waals surface area contributed by atoms with Crippen LogP contribution in [0.1, 0.15) is 5.56 Å². The first-order valence-corrected chi connectivity index (χ1v) is 6.93. The largest absolute Gasteiger partial charge is 0.479 e. The normalized spacial score (nSPS) is 20.5. The Morgan fingerprint density at radius 2 is 2.09 bits per heavy atom. The van der Waals surface area contributed by atoms with Crippen LogP contribution in [0.5, 0.6) is 5.75 Å². The Bertz CT molecular complexity index is 664. The quantitative estimate of drug-likeness (QED) is 0.890. The molecule has 0 aromatic heterocycles. The third-order valence-corrected chi connectivity index (χ3v) is 3.55. The minimum absolute atomic E-state index is 0.0435. The average Bonchev–Trinajstić information content (AvgIpc) is 2.76. The fourth-order valence-corrected chi connectivity index (χ4v) is 2.40. The zero-order chi connectivity index (χ0) is 15.5. The maximum atomic E-state index is 12.6. The first-order chi connectivity index (χ1) is 10.6. The molecule has 114 valence electrons. The molecule has 2 heterocycles. The first-order valence-electron chi connectivity index (χ1n) is 6.93. The summed E-state index contributed by atoms with van der Waals surface area (Å²) in [5, 5.41) is 9.01. The van der Waals surface area contributed by atoms with Gasteiger partial charge in [-0.15, -0.1) is 0 Å². The molecule has 1 amide bonds. The lowest BCUT2D eigenvalue weighted by Crippen LogP contribution is -2.48. The lowest BCUT2D eigenvalue weighted by molar-refractivity contribution is -0.158. The number of ether oxygens (including phenoxy) is 2.